The number of halogens is 2. The van der Waals surface area contributed by atoms with Crippen LogP contribution in [0.5, 0.6) is 0 Å². The Bertz CT molecular complexity index is 1370. The zero-order valence-electron chi connectivity index (χ0n) is 26.7. The molecule has 2 aliphatic rings. The smallest absolute Gasteiger partial charge is 0.250 e. The van der Waals surface area contributed by atoms with E-state index in [9.17, 15) is 4.79 Å². The lowest BCUT2D eigenvalue weighted by Crippen LogP contribution is -2.54. The minimum Gasteiger partial charge on any atom is -0.336 e. The molecule has 2 atom stereocenters. The SMILES string of the molecule is C=C(C(=O)N1CCN(C(CN(CC)CC)c2ccc(Cl)cc2)CC1)C1Cc2ccccc2CN1N.NCCc1ccc(Cl)cc1. The second kappa shape index (κ2) is 17.2. The highest BCUT2D eigenvalue weighted by Gasteiger charge is 2.33. The first-order chi connectivity index (χ1) is 21.7. The van der Waals surface area contributed by atoms with E-state index in [2.05, 4.69) is 54.5 Å². The van der Waals surface area contributed by atoms with Crippen LogP contribution < -0.4 is 11.6 Å². The maximum absolute atomic E-state index is 13.4. The number of benzene rings is 3. The number of hydrogen-bond acceptors (Lipinski definition) is 6. The summed E-state index contributed by atoms with van der Waals surface area (Å²) < 4.78 is 0. The summed E-state index contributed by atoms with van der Waals surface area (Å²) in [6.07, 6.45) is 1.65. The van der Waals surface area contributed by atoms with Gasteiger partial charge in [-0.2, -0.15) is 0 Å². The number of hydrazine groups is 1. The predicted octanol–water partition coefficient (Wildman–Crippen LogP) is 5.57. The number of carbonyl (C=O) groups is 1. The average Bonchev–Trinajstić information content (AvgIpc) is 3.06. The zero-order valence-corrected chi connectivity index (χ0v) is 28.2. The molecule has 0 saturated carbocycles. The van der Waals surface area contributed by atoms with E-state index in [1.807, 2.05) is 53.4 Å². The van der Waals surface area contributed by atoms with Gasteiger partial charge >= 0.3 is 0 Å². The van der Waals surface area contributed by atoms with Crippen LogP contribution in [-0.4, -0.2) is 84.0 Å². The van der Waals surface area contributed by atoms with Gasteiger partial charge in [0.05, 0.1) is 6.04 Å². The number of likely N-dealkylation sites (N-methyl/N-ethyl adjacent to an activating group) is 1. The number of carbonyl (C=O) groups excluding carboxylic acids is 1. The van der Waals surface area contributed by atoms with Gasteiger partial charge in [-0.15, -0.1) is 0 Å². The van der Waals surface area contributed by atoms with Crippen molar-refractivity contribution in [1.82, 2.24) is 19.7 Å². The van der Waals surface area contributed by atoms with Crippen LogP contribution in [-0.2, 0) is 24.2 Å². The molecule has 2 unspecified atom stereocenters. The minimum atomic E-state index is -0.167. The minimum absolute atomic E-state index is 0.0243. The number of nitrogens with two attached hydrogens (primary N) is 2. The zero-order chi connectivity index (χ0) is 32.3. The van der Waals surface area contributed by atoms with Crippen molar-refractivity contribution in [3.63, 3.8) is 0 Å². The Morgan fingerprint density at radius 1 is 0.911 bits per heavy atom. The third-order valence-electron chi connectivity index (χ3n) is 8.93. The molecule has 242 valence electrons. The van der Waals surface area contributed by atoms with Gasteiger partial charge in [0.15, 0.2) is 0 Å². The summed E-state index contributed by atoms with van der Waals surface area (Å²) >= 11 is 11.8. The lowest BCUT2D eigenvalue weighted by atomic mass is 9.91. The van der Waals surface area contributed by atoms with Gasteiger partial charge < -0.3 is 15.5 Å². The van der Waals surface area contributed by atoms with Crippen molar-refractivity contribution in [2.75, 3.05) is 52.4 Å². The highest BCUT2D eigenvalue weighted by atomic mass is 35.5. The second-order valence-electron chi connectivity index (χ2n) is 11.7. The summed E-state index contributed by atoms with van der Waals surface area (Å²) in [7, 11) is 0. The van der Waals surface area contributed by atoms with Crippen LogP contribution in [0.1, 0.15) is 42.1 Å². The first kappa shape index (κ1) is 35.1. The fourth-order valence-electron chi connectivity index (χ4n) is 6.11. The van der Waals surface area contributed by atoms with Crippen molar-refractivity contribution in [1.29, 1.82) is 0 Å². The van der Waals surface area contributed by atoms with E-state index in [0.717, 1.165) is 55.6 Å². The van der Waals surface area contributed by atoms with Gasteiger partial charge in [0.25, 0.3) is 5.91 Å². The molecule has 1 fully saturated rings. The summed E-state index contributed by atoms with van der Waals surface area (Å²) in [6.45, 7) is 16.0. The monoisotopic (exact) mass is 650 g/mol. The lowest BCUT2D eigenvalue weighted by molar-refractivity contribution is -0.130. The van der Waals surface area contributed by atoms with E-state index in [-0.39, 0.29) is 18.0 Å². The van der Waals surface area contributed by atoms with Crippen molar-refractivity contribution < 1.29 is 4.79 Å². The Kier molecular flexibility index (Phi) is 13.5. The summed E-state index contributed by atoms with van der Waals surface area (Å²) in [6, 6.07) is 24.4. The highest BCUT2D eigenvalue weighted by molar-refractivity contribution is 6.30. The van der Waals surface area contributed by atoms with E-state index in [0.29, 0.717) is 31.8 Å². The molecular weight excluding hydrogens is 603 g/mol. The van der Waals surface area contributed by atoms with Crippen LogP contribution in [0.2, 0.25) is 10.0 Å². The molecule has 1 amide bonds. The molecule has 7 nitrogen and oxygen atoms in total. The third kappa shape index (κ3) is 9.63. The fraction of sp³-hybridized carbons (Fsp3) is 0.417. The Hall–Kier alpha value is -2.75. The first-order valence-electron chi connectivity index (χ1n) is 16.0. The van der Waals surface area contributed by atoms with Crippen molar-refractivity contribution in [2.24, 2.45) is 11.6 Å². The molecule has 4 N–H and O–H groups in total. The van der Waals surface area contributed by atoms with Gasteiger partial charge in [0, 0.05) is 60.9 Å². The molecule has 45 heavy (non-hydrogen) atoms. The molecule has 9 heteroatoms. The molecule has 3 aromatic carbocycles. The molecule has 3 aromatic rings. The van der Waals surface area contributed by atoms with Crippen molar-refractivity contribution in [2.45, 2.75) is 45.3 Å². The van der Waals surface area contributed by atoms with Crippen LogP contribution in [0.15, 0.2) is 84.9 Å². The first-order valence-corrected chi connectivity index (χ1v) is 16.7. The molecule has 0 aliphatic carbocycles. The number of fused-ring (bicyclic) bond motifs is 1. The standard InChI is InChI=1S/C28H38ClN5O.C8H10ClN/c1-4-31(5-2)20-27(22-10-12-25(29)13-11-22)32-14-16-33(17-15-32)28(35)21(3)26-18-23-8-6-7-9-24(23)19-34(26)30;9-8-3-1-7(2-4-8)5-6-10/h6-13,26-27H,3-5,14-20,30H2,1-2H3;1-4H,5-6,10H2. The average molecular weight is 652 g/mol. The van der Waals surface area contributed by atoms with E-state index in [1.165, 1.54) is 22.3 Å². The summed E-state index contributed by atoms with van der Waals surface area (Å²) in [5, 5.41) is 3.30. The van der Waals surface area contributed by atoms with Gasteiger partial charge in [-0.25, -0.2) is 5.01 Å². The fourth-order valence-corrected chi connectivity index (χ4v) is 6.36. The maximum atomic E-state index is 13.4. The molecule has 0 spiro atoms. The van der Waals surface area contributed by atoms with Crippen LogP contribution in [0.4, 0.5) is 0 Å². The molecular formula is C36H48Cl2N6O. The van der Waals surface area contributed by atoms with E-state index >= 15 is 0 Å². The van der Waals surface area contributed by atoms with E-state index < -0.39 is 0 Å². The summed E-state index contributed by atoms with van der Waals surface area (Å²) in [5.41, 5.74) is 10.9. The van der Waals surface area contributed by atoms with Gasteiger partial charge in [-0.3, -0.25) is 15.5 Å². The molecule has 2 heterocycles. The Morgan fingerprint density at radius 2 is 1.49 bits per heavy atom. The van der Waals surface area contributed by atoms with Crippen LogP contribution >= 0.6 is 23.2 Å². The predicted molar refractivity (Wildman–Crippen MR) is 187 cm³/mol. The quantitative estimate of drug-likeness (QED) is 0.221. The topological polar surface area (TPSA) is 82.1 Å². The van der Waals surface area contributed by atoms with E-state index in [1.54, 1.807) is 5.01 Å². The van der Waals surface area contributed by atoms with Crippen molar-refractivity contribution >= 4 is 29.1 Å². The molecule has 0 aromatic heterocycles. The number of hydrogen-bond donors (Lipinski definition) is 2. The molecule has 0 radical (unpaired) electrons. The molecule has 5 rings (SSSR count). The largest absolute Gasteiger partial charge is 0.336 e. The second-order valence-corrected chi connectivity index (χ2v) is 12.6. The Labute approximate surface area is 279 Å². The lowest BCUT2D eigenvalue weighted by Gasteiger charge is -2.42. The van der Waals surface area contributed by atoms with Gasteiger partial charge in [0.2, 0.25) is 0 Å². The van der Waals surface area contributed by atoms with Crippen molar-refractivity contribution in [3.05, 3.63) is 117 Å². The normalized spacial score (nSPS) is 17.8. The highest BCUT2D eigenvalue weighted by Crippen LogP contribution is 2.28. The van der Waals surface area contributed by atoms with Crippen molar-refractivity contribution in [3.8, 4) is 0 Å². The van der Waals surface area contributed by atoms with Crippen LogP contribution in [0, 0.1) is 0 Å². The van der Waals surface area contributed by atoms with Gasteiger partial charge in [-0.1, -0.05) is 92.2 Å². The van der Waals surface area contributed by atoms with Crippen LogP contribution in [0.3, 0.4) is 0 Å². The van der Waals surface area contributed by atoms with Gasteiger partial charge in [-0.05, 0) is 79.0 Å². The molecule has 1 saturated heterocycles. The number of piperazine rings is 1. The molecule has 0 bridgehead atoms. The Balaban J connectivity index is 0.000000392. The Morgan fingerprint density at radius 3 is 2.07 bits per heavy atom. The number of nitrogens with zero attached hydrogens (tertiary/aromatic N) is 4. The molecule has 2 aliphatic heterocycles. The van der Waals surface area contributed by atoms with Gasteiger partial charge in [0.1, 0.15) is 0 Å². The van der Waals surface area contributed by atoms with Crippen LogP contribution in [0.25, 0.3) is 0 Å². The summed E-state index contributed by atoms with van der Waals surface area (Å²) in [5.74, 6) is 6.38. The maximum Gasteiger partial charge on any atom is 0.250 e. The summed E-state index contributed by atoms with van der Waals surface area (Å²) in [4.78, 5) is 20.3. The number of amides is 1. The number of rotatable bonds is 10. The van der Waals surface area contributed by atoms with E-state index in [4.69, 9.17) is 34.8 Å². The third-order valence-corrected chi connectivity index (χ3v) is 9.43.